The molecule has 2 aliphatic carbocycles. The van der Waals surface area contributed by atoms with E-state index < -0.39 is 0 Å². The largest absolute Gasteiger partial charge is 0.351 e. The average Bonchev–Trinajstić information content (AvgIpc) is 3.21. The molecule has 0 spiro atoms. The van der Waals surface area contributed by atoms with E-state index in [1.54, 1.807) is 13.2 Å². The molecule has 0 aromatic carbocycles. The van der Waals surface area contributed by atoms with E-state index in [4.69, 9.17) is 0 Å². The monoisotopic (exact) mass is 318 g/mol. The molecule has 1 aromatic rings. The van der Waals surface area contributed by atoms with Crippen molar-refractivity contribution in [2.24, 2.45) is 24.8 Å². The first kappa shape index (κ1) is 16.0. The zero-order valence-corrected chi connectivity index (χ0v) is 14.0. The van der Waals surface area contributed by atoms with Gasteiger partial charge in [-0.05, 0) is 43.4 Å². The quantitative estimate of drug-likeness (QED) is 0.845. The van der Waals surface area contributed by atoms with E-state index in [1.807, 2.05) is 6.92 Å². The molecule has 2 saturated carbocycles. The molecular formula is C17H26N4O2. The SMILES string of the molecule is CCCNC(=O)c1c(NC(=O)CC2CC3CCC2C3)cnn1C. The Balaban J connectivity index is 1.61. The molecule has 3 rings (SSSR count). The van der Waals surface area contributed by atoms with Gasteiger partial charge in [0.05, 0.1) is 11.9 Å². The number of hydrogen-bond acceptors (Lipinski definition) is 3. The van der Waals surface area contributed by atoms with Crippen molar-refractivity contribution in [2.45, 2.75) is 45.4 Å². The van der Waals surface area contributed by atoms with E-state index in [0.29, 0.717) is 30.3 Å². The highest BCUT2D eigenvalue weighted by Crippen LogP contribution is 2.49. The molecule has 6 nitrogen and oxygen atoms in total. The fourth-order valence-corrected chi connectivity index (χ4v) is 4.19. The topological polar surface area (TPSA) is 76.0 Å². The maximum Gasteiger partial charge on any atom is 0.271 e. The third-order valence-corrected chi connectivity index (χ3v) is 5.30. The van der Waals surface area contributed by atoms with Crippen LogP contribution < -0.4 is 10.6 Å². The summed E-state index contributed by atoms with van der Waals surface area (Å²) in [6, 6.07) is 0. The Hall–Kier alpha value is -1.85. The molecular weight excluding hydrogens is 292 g/mol. The summed E-state index contributed by atoms with van der Waals surface area (Å²) in [5.74, 6) is 1.89. The second kappa shape index (κ2) is 6.72. The number of carbonyl (C=O) groups excluding carboxylic acids is 2. The first-order chi connectivity index (χ1) is 11.1. The summed E-state index contributed by atoms with van der Waals surface area (Å²) in [7, 11) is 1.71. The van der Waals surface area contributed by atoms with Gasteiger partial charge >= 0.3 is 0 Å². The Bertz CT molecular complexity index is 595. The molecule has 2 bridgehead atoms. The highest BCUT2D eigenvalue weighted by atomic mass is 16.2. The first-order valence-electron chi connectivity index (χ1n) is 8.68. The number of anilines is 1. The highest BCUT2D eigenvalue weighted by Gasteiger charge is 2.40. The summed E-state index contributed by atoms with van der Waals surface area (Å²) in [6.45, 7) is 2.62. The van der Waals surface area contributed by atoms with Crippen LogP contribution in [0.25, 0.3) is 0 Å². The molecule has 0 saturated heterocycles. The molecule has 2 amide bonds. The third-order valence-electron chi connectivity index (χ3n) is 5.30. The molecule has 3 unspecified atom stereocenters. The lowest BCUT2D eigenvalue weighted by Gasteiger charge is -2.20. The number of nitrogens with one attached hydrogen (secondary N) is 2. The van der Waals surface area contributed by atoms with Gasteiger partial charge in [-0.3, -0.25) is 14.3 Å². The van der Waals surface area contributed by atoms with Crippen LogP contribution in [0.2, 0.25) is 0 Å². The van der Waals surface area contributed by atoms with Crippen molar-refractivity contribution in [3.8, 4) is 0 Å². The number of nitrogens with zero attached hydrogens (tertiary/aromatic N) is 2. The second-order valence-corrected chi connectivity index (χ2v) is 6.97. The minimum absolute atomic E-state index is 0.0000847. The molecule has 6 heteroatoms. The van der Waals surface area contributed by atoms with Gasteiger partial charge in [-0.2, -0.15) is 5.10 Å². The van der Waals surface area contributed by atoms with Crippen molar-refractivity contribution in [2.75, 3.05) is 11.9 Å². The van der Waals surface area contributed by atoms with Crippen molar-refractivity contribution in [3.63, 3.8) is 0 Å². The van der Waals surface area contributed by atoms with E-state index in [1.165, 1.54) is 30.4 Å². The molecule has 1 aromatic heterocycles. The van der Waals surface area contributed by atoms with Crippen LogP contribution >= 0.6 is 0 Å². The standard InChI is InChI=1S/C17H26N4O2/c1-3-6-18-17(23)16-14(10-19-21(16)2)20-15(22)9-13-8-11-4-5-12(13)7-11/h10-13H,3-9H2,1-2H3,(H,18,23)(H,20,22). The van der Waals surface area contributed by atoms with Gasteiger partial charge in [-0.25, -0.2) is 0 Å². The van der Waals surface area contributed by atoms with Crippen LogP contribution in [0, 0.1) is 17.8 Å². The lowest BCUT2D eigenvalue weighted by Crippen LogP contribution is -2.28. The second-order valence-electron chi connectivity index (χ2n) is 6.97. The average molecular weight is 318 g/mol. The Morgan fingerprint density at radius 3 is 2.83 bits per heavy atom. The van der Waals surface area contributed by atoms with Crippen LogP contribution in [-0.2, 0) is 11.8 Å². The van der Waals surface area contributed by atoms with Crippen LogP contribution in [0.5, 0.6) is 0 Å². The van der Waals surface area contributed by atoms with Gasteiger partial charge in [0.15, 0.2) is 0 Å². The Labute approximate surface area is 137 Å². The smallest absolute Gasteiger partial charge is 0.271 e. The van der Waals surface area contributed by atoms with Crippen molar-refractivity contribution in [1.82, 2.24) is 15.1 Å². The molecule has 0 radical (unpaired) electrons. The summed E-state index contributed by atoms with van der Waals surface area (Å²) < 4.78 is 1.51. The van der Waals surface area contributed by atoms with Crippen LogP contribution in [0.4, 0.5) is 5.69 Å². The minimum Gasteiger partial charge on any atom is -0.351 e. The van der Waals surface area contributed by atoms with E-state index in [9.17, 15) is 9.59 Å². The molecule has 2 N–H and O–H groups in total. The Kier molecular flexibility index (Phi) is 4.68. The van der Waals surface area contributed by atoms with E-state index in [-0.39, 0.29) is 11.8 Å². The van der Waals surface area contributed by atoms with Crippen molar-refractivity contribution in [1.29, 1.82) is 0 Å². The molecule has 3 atom stereocenters. The molecule has 2 fully saturated rings. The van der Waals surface area contributed by atoms with E-state index >= 15 is 0 Å². The predicted octanol–water partition coefficient (Wildman–Crippen LogP) is 2.32. The number of aromatic nitrogens is 2. The normalized spacial score (nSPS) is 25.6. The lowest BCUT2D eigenvalue weighted by atomic mass is 9.86. The highest BCUT2D eigenvalue weighted by molar-refractivity contribution is 6.02. The number of fused-ring (bicyclic) bond motifs is 2. The van der Waals surface area contributed by atoms with Gasteiger partial charge in [-0.1, -0.05) is 13.3 Å². The van der Waals surface area contributed by atoms with Crippen LogP contribution in [0.1, 0.15) is 55.9 Å². The molecule has 1 heterocycles. The maximum absolute atomic E-state index is 12.4. The number of amides is 2. The number of hydrogen-bond donors (Lipinski definition) is 2. The Morgan fingerprint density at radius 2 is 2.17 bits per heavy atom. The van der Waals surface area contributed by atoms with Crippen molar-refractivity contribution < 1.29 is 9.59 Å². The molecule has 0 aliphatic heterocycles. The van der Waals surface area contributed by atoms with Gasteiger partial charge in [0, 0.05) is 20.0 Å². The Morgan fingerprint density at radius 1 is 1.35 bits per heavy atom. The van der Waals surface area contributed by atoms with Gasteiger partial charge in [0.2, 0.25) is 5.91 Å². The van der Waals surface area contributed by atoms with Crippen molar-refractivity contribution in [3.05, 3.63) is 11.9 Å². The third kappa shape index (κ3) is 3.41. The fraction of sp³-hybridized carbons (Fsp3) is 0.706. The van der Waals surface area contributed by atoms with E-state index in [0.717, 1.165) is 18.3 Å². The van der Waals surface area contributed by atoms with Gasteiger partial charge in [0.1, 0.15) is 5.69 Å². The van der Waals surface area contributed by atoms with Gasteiger partial charge in [0.25, 0.3) is 5.91 Å². The summed E-state index contributed by atoms with van der Waals surface area (Å²) in [5, 5.41) is 9.84. The fourth-order valence-electron chi connectivity index (χ4n) is 4.19. The number of carbonyl (C=O) groups is 2. The number of aryl methyl sites for hydroxylation is 1. The number of rotatable bonds is 6. The molecule has 2 aliphatic rings. The summed E-state index contributed by atoms with van der Waals surface area (Å²) in [5.41, 5.74) is 0.925. The summed E-state index contributed by atoms with van der Waals surface area (Å²) >= 11 is 0. The summed E-state index contributed by atoms with van der Waals surface area (Å²) in [4.78, 5) is 24.6. The predicted molar refractivity (Wildman–Crippen MR) is 88.0 cm³/mol. The van der Waals surface area contributed by atoms with Gasteiger partial charge < -0.3 is 10.6 Å². The maximum atomic E-state index is 12.4. The van der Waals surface area contributed by atoms with Crippen molar-refractivity contribution >= 4 is 17.5 Å². The van der Waals surface area contributed by atoms with Crippen LogP contribution in [0.15, 0.2) is 6.20 Å². The van der Waals surface area contributed by atoms with Crippen LogP contribution in [0.3, 0.4) is 0 Å². The van der Waals surface area contributed by atoms with E-state index in [2.05, 4.69) is 15.7 Å². The van der Waals surface area contributed by atoms with Crippen LogP contribution in [-0.4, -0.2) is 28.1 Å². The lowest BCUT2D eigenvalue weighted by molar-refractivity contribution is -0.117. The minimum atomic E-state index is -0.193. The molecule has 23 heavy (non-hydrogen) atoms. The zero-order chi connectivity index (χ0) is 16.4. The zero-order valence-electron chi connectivity index (χ0n) is 14.0. The summed E-state index contributed by atoms with van der Waals surface area (Å²) in [6.07, 6.45) is 8.10. The van der Waals surface area contributed by atoms with Gasteiger partial charge in [-0.15, -0.1) is 0 Å². The molecule has 126 valence electrons. The first-order valence-corrected chi connectivity index (χ1v) is 8.68.